The van der Waals surface area contributed by atoms with Crippen molar-refractivity contribution in [2.24, 2.45) is 0 Å². The Balaban J connectivity index is 1.78. The average molecular weight is 360 g/mol. The molecule has 26 heavy (non-hydrogen) atoms. The molecule has 0 bridgehead atoms. The Morgan fingerprint density at radius 3 is 2.38 bits per heavy atom. The lowest BCUT2D eigenvalue weighted by Gasteiger charge is -2.38. The van der Waals surface area contributed by atoms with E-state index in [1.54, 1.807) is 17.0 Å². The van der Waals surface area contributed by atoms with Crippen molar-refractivity contribution in [3.8, 4) is 0 Å². The Morgan fingerprint density at radius 2 is 1.77 bits per heavy atom. The van der Waals surface area contributed by atoms with Crippen LogP contribution in [0.5, 0.6) is 0 Å². The molecular formula is C20H28N2O4. The number of ether oxygens (including phenoxy) is 1. The summed E-state index contributed by atoms with van der Waals surface area (Å²) in [5, 5.41) is 2.53. The number of carbonyl (C=O) groups is 3. The monoisotopic (exact) mass is 360 g/mol. The van der Waals surface area contributed by atoms with Crippen LogP contribution in [-0.4, -0.2) is 47.9 Å². The maximum absolute atomic E-state index is 12.3. The number of likely N-dealkylation sites (tertiary alicyclic amines) is 1. The third kappa shape index (κ3) is 5.07. The molecule has 1 saturated heterocycles. The average Bonchev–Trinajstić information content (AvgIpc) is 2.60. The first kappa shape index (κ1) is 19.9. The van der Waals surface area contributed by atoms with Crippen LogP contribution in [0.2, 0.25) is 0 Å². The molecule has 2 atom stereocenters. The van der Waals surface area contributed by atoms with E-state index in [1.807, 2.05) is 33.8 Å². The van der Waals surface area contributed by atoms with Gasteiger partial charge in [-0.1, -0.05) is 6.07 Å². The molecule has 0 unspecified atom stereocenters. The van der Waals surface area contributed by atoms with Crippen LogP contribution in [-0.2, 0) is 14.3 Å². The van der Waals surface area contributed by atoms with Crippen molar-refractivity contribution in [1.29, 1.82) is 0 Å². The van der Waals surface area contributed by atoms with E-state index in [-0.39, 0.29) is 37.0 Å². The molecule has 0 spiro atoms. The first-order valence-electron chi connectivity index (χ1n) is 9.12. The Labute approximate surface area is 154 Å². The van der Waals surface area contributed by atoms with E-state index in [9.17, 15) is 14.4 Å². The van der Waals surface area contributed by atoms with Gasteiger partial charge in [0.25, 0.3) is 11.8 Å². The van der Waals surface area contributed by atoms with Crippen molar-refractivity contribution in [2.75, 3.05) is 13.2 Å². The minimum Gasteiger partial charge on any atom is -0.454 e. The lowest BCUT2D eigenvalue weighted by molar-refractivity contribution is -0.154. The van der Waals surface area contributed by atoms with Gasteiger partial charge in [-0.25, -0.2) is 0 Å². The van der Waals surface area contributed by atoms with Crippen LogP contribution in [0.25, 0.3) is 0 Å². The van der Waals surface area contributed by atoms with E-state index in [1.165, 1.54) is 0 Å². The van der Waals surface area contributed by atoms with Crippen molar-refractivity contribution >= 4 is 17.8 Å². The van der Waals surface area contributed by atoms with Crippen LogP contribution in [0, 0.1) is 13.8 Å². The normalized spacial score (nSPS) is 19.8. The standard InChI is InChI=1S/C20H28N2O4/c1-13-8-9-17(10-14(13)2)20(25)21-11-19(24)26-12-18(23)22-15(3)6-5-7-16(22)4/h8-10,15-16H,5-7,11-12H2,1-4H3,(H,21,25)/t15-,16-/m1/s1. The third-order valence-corrected chi connectivity index (χ3v) is 5.00. The van der Waals surface area contributed by atoms with Gasteiger partial charge in [-0.15, -0.1) is 0 Å². The molecule has 1 fully saturated rings. The number of aryl methyl sites for hydroxylation is 2. The highest BCUT2D eigenvalue weighted by Crippen LogP contribution is 2.22. The highest BCUT2D eigenvalue weighted by atomic mass is 16.5. The second kappa shape index (κ2) is 8.83. The Hall–Kier alpha value is -2.37. The predicted octanol–water partition coefficient (Wildman–Crippen LogP) is 2.37. The number of nitrogens with zero attached hydrogens (tertiary/aromatic N) is 1. The summed E-state index contributed by atoms with van der Waals surface area (Å²) in [5.41, 5.74) is 2.60. The molecule has 142 valence electrons. The highest BCUT2D eigenvalue weighted by molar-refractivity contribution is 5.96. The van der Waals surface area contributed by atoms with Crippen molar-refractivity contribution in [2.45, 2.75) is 59.0 Å². The van der Waals surface area contributed by atoms with Gasteiger partial charge in [0.2, 0.25) is 0 Å². The summed E-state index contributed by atoms with van der Waals surface area (Å²) >= 11 is 0. The number of amides is 2. The van der Waals surface area contributed by atoms with Gasteiger partial charge < -0.3 is 15.0 Å². The van der Waals surface area contributed by atoms with Gasteiger partial charge in [0, 0.05) is 17.6 Å². The van der Waals surface area contributed by atoms with Gasteiger partial charge in [0.05, 0.1) is 0 Å². The predicted molar refractivity (Wildman–Crippen MR) is 98.8 cm³/mol. The summed E-state index contributed by atoms with van der Waals surface area (Å²) in [5.74, 6) is -1.14. The summed E-state index contributed by atoms with van der Waals surface area (Å²) in [7, 11) is 0. The Morgan fingerprint density at radius 1 is 1.12 bits per heavy atom. The maximum atomic E-state index is 12.3. The van der Waals surface area contributed by atoms with Crippen molar-refractivity contribution < 1.29 is 19.1 Å². The summed E-state index contributed by atoms with van der Waals surface area (Å²) in [6.45, 7) is 7.37. The van der Waals surface area contributed by atoms with Crippen LogP contribution in [0.4, 0.5) is 0 Å². The zero-order chi connectivity index (χ0) is 19.3. The van der Waals surface area contributed by atoms with E-state index >= 15 is 0 Å². The summed E-state index contributed by atoms with van der Waals surface area (Å²) in [6.07, 6.45) is 3.04. The topological polar surface area (TPSA) is 75.7 Å². The lowest BCUT2D eigenvalue weighted by atomic mass is 9.97. The first-order valence-corrected chi connectivity index (χ1v) is 9.12. The molecule has 0 aliphatic carbocycles. The largest absolute Gasteiger partial charge is 0.454 e. The number of piperidine rings is 1. The zero-order valence-electron chi connectivity index (χ0n) is 16.0. The molecule has 6 nitrogen and oxygen atoms in total. The number of carbonyl (C=O) groups excluding carboxylic acids is 3. The molecule has 2 amide bonds. The minimum atomic E-state index is -0.618. The number of hydrogen-bond donors (Lipinski definition) is 1. The van der Waals surface area contributed by atoms with Gasteiger partial charge in [-0.2, -0.15) is 0 Å². The molecule has 1 aliphatic heterocycles. The highest BCUT2D eigenvalue weighted by Gasteiger charge is 2.29. The second-order valence-corrected chi connectivity index (χ2v) is 7.07. The fraction of sp³-hybridized carbons (Fsp3) is 0.550. The molecule has 1 aromatic carbocycles. The molecule has 1 heterocycles. The van der Waals surface area contributed by atoms with E-state index in [0.29, 0.717) is 5.56 Å². The second-order valence-electron chi connectivity index (χ2n) is 7.07. The van der Waals surface area contributed by atoms with Crippen LogP contribution in [0.1, 0.15) is 54.6 Å². The molecule has 0 radical (unpaired) electrons. The molecule has 1 N–H and O–H groups in total. The number of nitrogens with one attached hydrogen (secondary N) is 1. The Kier molecular flexibility index (Phi) is 6.77. The van der Waals surface area contributed by atoms with Crippen molar-refractivity contribution in [3.05, 3.63) is 34.9 Å². The zero-order valence-corrected chi connectivity index (χ0v) is 16.0. The van der Waals surface area contributed by atoms with E-state index in [0.717, 1.165) is 30.4 Å². The fourth-order valence-electron chi connectivity index (χ4n) is 3.32. The number of esters is 1. The molecule has 1 aromatic rings. The van der Waals surface area contributed by atoms with Crippen molar-refractivity contribution in [3.63, 3.8) is 0 Å². The van der Waals surface area contributed by atoms with Crippen LogP contribution >= 0.6 is 0 Å². The minimum absolute atomic E-state index is 0.162. The van der Waals surface area contributed by atoms with E-state index in [4.69, 9.17) is 4.74 Å². The molecule has 2 rings (SSSR count). The third-order valence-electron chi connectivity index (χ3n) is 5.00. The van der Waals surface area contributed by atoms with Gasteiger partial charge in [0.15, 0.2) is 6.61 Å². The lowest BCUT2D eigenvalue weighted by Crippen LogP contribution is -2.49. The van der Waals surface area contributed by atoms with E-state index in [2.05, 4.69) is 5.32 Å². The summed E-state index contributed by atoms with van der Waals surface area (Å²) in [4.78, 5) is 38.0. The van der Waals surface area contributed by atoms with E-state index < -0.39 is 5.97 Å². The fourth-order valence-corrected chi connectivity index (χ4v) is 3.32. The molecule has 6 heteroatoms. The van der Waals surface area contributed by atoms with Gasteiger partial charge >= 0.3 is 5.97 Å². The van der Waals surface area contributed by atoms with Crippen molar-refractivity contribution in [1.82, 2.24) is 10.2 Å². The molecule has 1 aliphatic rings. The first-order chi connectivity index (χ1) is 12.3. The van der Waals surface area contributed by atoms with Crippen LogP contribution in [0.15, 0.2) is 18.2 Å². The Bertz CT molecular complexity index is 676. The van der Waals surface area contributed by atoms with Gasteiger partial charge in [0.1, 0.15) is 6.54 Å². The smallest absolute Gasteiger partial charge is 0.325 e. The SMILES string of the molecule is Cc1ccc(C(=O)NCC(=O)OCC(=O)N2[C@H](C)CCC[C@H]2C)cc1C. The molecule has 0 aromatic heterocycles. The molecular weight excluding hydrogens is 332 g/mol. The quantitative estimate of drug-likeness (QED) is 0.818. The number of rotatable bonds is 5. The number of hydrogen-bond acceptors (Lipinski definition) is 4. The molecule has 0 saturated carbocycles. The van der Waals surface area contributed by atoms with Crippen LogP contribution in [0.3, 0.4) is 0 Å². The van der Waals surface area contributed by atoms with Crippen LogP contribution < -0.4 is 5.32 Å². The summed E-state index contributed by atoms with van der Waals surface area (Å²) < 4.78 is 5.04. The van der Waals surface area contributed by atoms with Gasteiger partial charge in [-0.05, 0) is 70.2 Å². The number of benzene rings is 1. The maximum Gasteiger partial charge on any atom is 0.325 e. The van der Waals surface area contributed by atoms with Gasteiger partial charge in [-0.3, -0.25) is 14.4 Å². The summed E-state index contributed by atoms with van der Waals surface area (Å²) in [6, 6.07) is 5.68.